The molecule has 0 spiro atoms. The van der Waals surface area contributed by atoms with Crippen LogP contribution in [0.1, 0.15) is 17.2 Å². The predicted molar refractivity (Wildman–Crippen MR) is 74.4 cm³/mol. The highest BCUT2D eigenvalue weighted by molar-refractivity contribution is 5.68. The largest absolute Gasteiger partial charge is 0.490 e. The summed E-state index contributed by atoms with van der Waals surface area (Å²) in [5.74, 6) is -1.37. The summed E-state index contributed by atoms with van der Waals surface area (Å²) in [7, 11) is 0. The summed E-state index contributed by atoms with van der Waals surface area (Å²) in [6.45, 7) is 0.148. The summed E-state index contributed by atoms with van der Waals surface area (Å²) in [6, 6.07) is 10.3. The topological polar surface area (TPSA) is 47.6 Å². The second-order valence-electron chi connectivity index (χ2n) is 4.87. The molecule has 1 atom stereocenters. The molecule has 0 saturated carbocycles. The number of rotatable bonds is 3. The number of amides is 1. The zero-order valence-corrected chi connectivity index (χ0v) is 11.5. The Hall–Kier alpha value is -2.63. The van der Waals surface area contributed by atoms with Gasteiger partial charge >= 0.3 is 6.09 Å². The number of nitrogens with one attached hydrogen (secondary N) is 1. The highest BCUT2D eigenvalue weighted by Crippen LogP contribution is 2.35. The number of alkyl carbamates (subject to hydrolysis) is 1. The van der Waals surface area contributed by atoms with E-state index in [-0.39, 0.29) is 24.5 Å². The monoisotopic (exact) mass is 305 g/mol. The molecule has 1 N–H and O–H groups in total. The van der Waals surface area contributed by atoms with Crippen molar-refractivity contribution in [2.75, 3.05) is 6.61 Å². The zero-order chi connectivity index (χ0) is 15.5. The van der Waals surface area contributed by atoms with E-state index in [2.05, 4.69) is 5.32 Å². The molecule has 22 heavy (non-hydrogen) atoms. The number of hydrogen-bond donors (Lipinski definition) is 1. The Morgan fingerprint density at radius 1 is 1.27 bits per heavy atom. The Labute approximate surface area is 125 Å². The average molecular weight is 305 g/mol. The van der Waals surface area contributed by atoms with Gasteiger partial charge in [-0.25, -0.2) is 13.6 Å². The maximum absolute atomic E-state index is 13.8. The highest BCUT2D eigenvalue weighted by atomic mass is 19.1. The van der Waals surface area contributed by atoms with E-state index in [4.69, 9.17) is 9.47 Å². The van der Waals surface area contributed by atoms with E-state index in [0.29, 0.717) is 0 Å². The SMILES string of the molecule is O=C(NC1COc2cc(F)cc(F)c21)OCc1ccccc1. The van der Waals surface area contributed by atoms with E-state index in [1.54, 1.807) is 0 Å². The molecule has 4 nitrogen and oxygen atoms in total. The van der Waals surface area contributed by atoms with Crippen LogP contribution in [-0.2, 0) is 11.3 Å². The van der Waals surface area contributed by atoms with Crippen LogP contribution >= 0.6 is 0 Å². The molecule has 1 heterocycles. The third kappa shape index (κ3) is 3.00. The normalized spacial score (nSPS) is 15.8. The number of hydrogen-bond acceptors (Lipinski definition) is 3. The number of benzene rings is 2. The van der Waals surface area contributed by atoms with Crippen molar-refractivity contribution < 1.29 is 23.0 Å². The van der Waals surface area contributed by atoms with Crippen molar-refractivity contribution in [3.63, 3.8) is 0 Å². The van der Waals surface area contributed by atoms with Gasteiger partial charge in [-0.1, -0.05) is 30.3 Å². The van der Waals surface area contributed by atoms with Gasteiger partial charge in [0.2, 0.25) is 0 Å². The van der Waals surface area contributed by atoms with Gasteiger partial charge in [0.25, 0.3) is 0 Å². The zero-order valence-electron chi connectivity index (χ0n) is 11.5. The van der Waals surface area contributed by atoms with Crippen LogP contribution in [0.5, 0.6) is 5.75 Å². The molecule has 3 rings (SSSR count). The van der Waals surface area contributed by atoms with Gasteiger partial charge in [-0.3, -0.25) is 0 Å². The van der Waals surface area contributed by atoms with Crippen LogP contribution in [0.3, 0.4) is 0 Å². The first-order valence-electron chi connectivity index (χ1n) is 6.72. The van der Waals surface area contributed by atoms with Crippen molar-refractivity contribution in [2.24, 2.45) is 0 Å². The Morgan fingerprint density at radius 2 is 2.05 bits per heavy atom. The van der Waals surface area contributed by atoms with E-state index < -0.39 is 23.8 Å². The fraction of sp³-hybridized carbons (Fsp3) is 0.188. The molecule has 0 aromatic heterocycles. The Morgan fingerprint density at radius 3 is 2.82 bits per heavy atom. The molecule has 0 bridgehead atoms. The molecule has 0 fully saturated rings. The molecule has 114 valence electrons. The lowest BCUT2D eigenvalue weighted by Gasteiger charge is -2.12. The van der Waals surface area contributed by atoms with Crippen molar-refractivity contribution in [1.29, 1.82) is 0 Å². The lowest BCUT2D eigenvalue weighted by Crippen LogP contribution is -2.30. The van der Waals surface area contributed by atoms with Crippen LogP contribution in [0.4, 0.5) is 13.6 Å². The molecule has 0 radical (unpaired) electrons. The van der Waals surface area contributed by atoms with Crippen molar-refractivity contribution in [3.05, 3.63) is 65.2 Å². The summed E-state index contributed by atoms with van der Waals surface area (Å²) in [5.41, 5.74) is 0.979. The van der Waals surface area contributed by atoms with Crippen molar-refractivity contribution >= 4 is 6.09 Å². The fourth-order valence-corrected chi connectivity index (χ4v) is 2.30. The number of halogens is 2. The second kappa shape index (κ2) is 6.01. The van der Waals surface area contributed by atoms with Gasteiger partial charge in [-0.05, 0) is 5.56 Å². The van der Waals surface area contributed by atoms with E-state index in [1.807, 2.05) is 30.3 Å². The van der Waals surface area contributed by atoms with Crippen molar-refractivity contribution in [1.82, 2.24) is 5.32 Å². The molecule has 0 saturated heterocycles. The highest BCUT2D eigenvalue weighted by Gasteiger charge is 2.30. The molecule has 1 amide bonds. The predicted octanol–water partition coefficient (Wildman–Crippen LogP) is 3.32. The van der Waals surface area contributed by atoms with Gasteiger partial charge in [0.05, 0.1) is 11.6 Å². The molecule has 2 aromatic rings. The van der Waals surface area contributed by atoms with Crippen LogP contribution < -0.4 is 10.1 Å². The number of carbonyl (C=O) groups is 1. The van der Waals surface area contributed by atoms with Gasteiger partial charge < -0.3 is 14.8 Å². The number of carbonyl (C=O) groups excluding carboxylic acids is 1. The Balaban J connectivity index is 1.62. The standard InChI is InChI=1S/C16H13F2NO3/c17-11-6-12(18)15-13(9-21-14(15)7-11)19-16(20)22-8-10-4-2-1-3-5-10/h1-7,13H,8-9H2,(H,19,20). The van der Waals surface area contributed by atoms with Gasteiger partial charge in [0.1, 0.15) is 30.6 Å². The summed E-state index contributed by atoms with van der Waals surface area (Å²) in [6.07, 6.45) is -0.686. The minimum absolute atomic E-state index is 0.0378. The molecule has 0 aliphatic carbocycles. The molecular formula is C16H13F2NO3. The lowest BCUT2D eigenvalue weighted by atomic mass is 10.1. The number of ether oxygens (including phenoxy) is 2. The minimum Gasteiger partial charge on any atom is -0.490 e. The van der Waals surface area contributed by atoms with Gasteiger partial charge in [0, 0.05) is 12.1 Å². The first-order valence-corrected chi connectivity index (χ1v) is 6.72. The molecular weight excluding hydrogens is 292 g/mol. The lowest BCUT2D eigenvalue weighted by molar-refractivity contribution is 0.133. The van der Waals surface area contributed by atoms with Crippen LogP contribution in [0.2, 0.25) is 0 Å². The van der Waals surface area contributed by atoms with Crippen LogP contribution in [-0.4, -0.2) is 12.7 Å². The molecule has 1 aliphatic rings. The average Bonchev–Trinajstić information content (AvgIpc) is 2.89. The van der Waals surface area contributed by atoms with Crippen molar-refractivity contribution in [3.8, 4) is 5.75 Å². The maximum Gasteiger partial charge on any atom is 0.408 e. The van der Waals surface area contributed by atoms with Crippen LogP contribution in [0, 0.1) is 11.6 Å². The number of fused-ring (bicyclic) bond motifs is 1. The Kier molecular flexibility index (Phi) is 3.91. The molecule has 1 aliphatic heterocycles. The van der Waals surface area contributed by atoms with E-state index >= 15 is 0 Å². The molecule has 6 heteroatoms. The van der Waals surface area contributed by atoms with Crippen molar-refractivity contribution in [2.45, 2.75) is 12.6 Å². The van der Waals surface area contributed by atoms with Crippen LogP contribution in [0.25, 0.3) is 0 Å². The van der Waals surface area contributed by atoms with E-state index in [9.17, 15) is 13.6 Å². The van der Waals surface area contributed by atoms with Crippen LogP contribution in [0.15, 0.2) is 42.5 Å². The van der Waals surface area contributed by atoms with Gasteiger partial charge in [0.15, 0.2) is 0 Å². The minimum atomic E-state index is -0.749. The fourth-order valence-electron chi connectivity index (χ4n) is 2.30. The van der Waals surface area contributed by atoms with Gasteiger partial charge in [-0.15, -0.1) is 0 Å². The summed E-state index contributed by atoms with van der Waals surface area (Å²) < 4.78 is 37.1. The summed E-state index contributed by atoms with van der Waals surface area (Å²) in [5, 5.41) is 2.52. The third-order valence-electron chi connectivity index (χ3n) is 3.32. The first kappa shape index (κ1) is 14.3. The Bertz CT molecular complexity index is 691. The maximum atomic E-state index is 13.8. The first-order chi connectivity index (χ1) is 10.6. The van der Waals surface area contributed by atoms with E-state index in [0.717, 1.165) is 17.7 Å². The van der Waals surface area contributed by atoms with E-state index in [1.165, 1.54) is 0 Å². The third-order valence-corrected chi connectivity index (χ3v) is 3.32. The van der Waals surface area contributed by atoms with Gasteiger partial charge in [-0.2, -0.15) is 0 Å². The quantitative estimate of drug-likeness (QED) is 0.946. The summed E-state index contributed by atoms with van der Waals surface area (Å²) in [4.78, 5) is 11.8. The molecule has 2 aromatic carbocycles. The molecule has 1 unspecified atom stereocenters. The smallest absolute Gasteiger partial charge is 0.408 e. The second-order valence-corrected chi connectivity index (χ2v) is 4.87. The summed E-state index contributed by atoms with van der Waals surface area (Å²) >= 11 is 0.